The summed E-state index contributed by atoms with van der Waals surface area (Å²) in [5.74, 6) is 1.76. The van der Waals surface area contributed by atoms with E-state index in [1.165, 1.54) is 0 Å². The molecule has 1 amide bonds. The quantitative estimate of drug-likeness (QED) is 0.291. The van der Waals surface area contributed by atoms with Crippen LogP contribution in [0.1, 0.15) is 44.1 Å². The van der Waals surface area contributed by atoms with Gasteiger partial charge in [0.2, 0.25) is 5.91 Å². The van der Waals surface area contributed by atoms with Crippen molar-refractivity contribution in [2.75, 3.05) is 40.6 Å². The zero-order chi connectivity index (χ0) is 25.6. The van der Waals surface area contributed by atoms with Gasteiger partial charge in [-0.25, -0.2) is 4.98 Å². The predicted molar refractivity (Wildman–Crippen MR) is 140 cm³/mol. The molecule has 1 N–H and O–H groups in total. The smallest absolute Gasteiger partial charge is 0.219 e. The zero-order valence-corrected chi connectivity index (χ0v) is 21.3. The Morgan fingerprint density at radius 2 is 1.75 bits per heavy atom. The minimum absolute atomic E-state index is 0.0947. The maximum atomic E-state index is 11.8. The summed E-state index contributed by atoms with van der Waals surface area (Å²) >= 11 is 0. The molecular formula is C28H36N4O4. The Labute approximate surface area is 213 Å². The summed E-state index contributed by atoms with van der Waals surface area (Å²) in [7, 11) is 3.36. The highest BCUT2D eigenvalue weighted by Crippen LogP contribution is 2.28. The number of hydrogen-bond acceptors (Lipinski definition) is 6. The van der Waals surface area contributed by atoms with E-state index in [2.05, 4.69) is 16.0 Å². The summed E-state index contributed by atoms with van der Waals surface area (Å²) in [5, 5.41) is 12.0. The number of aryl methyl sites for hydroxylation is 1. The summed E-state index contributed by atoms with van der Waals surface area (Å²) in [4.78, 5) is 16.7. The number of aromatic nitrogens is 2. The Balaban J connectivity index is 1.57. The van der Waals surface area contributed by atoms with E-state index < -0.39 is 0 Å². The van der Waals surface area contributed by atoms with Crippen LogP contribution in [0.4, 0.5) is 0 Å². The number of carbonyl (C=O) groups is 1. The fourth-order valence-corrected chi connectivity index (χ4v) is 3.99. The lowest BCUT2D eigenvalue weighted by molar-refractivity contribution is -0.121. The summed E-state index contributed by atoms with van der Waals surface area (Å²) < 4.78 is 18.4. The number of ether oxygens (including phenoxy) is 3. The first-order chi connectivity index (χ1) is 17.7. The number of nitrogens with zero attached hydrogens (tertiary/aromatic N) is 3. The third-order valence-electron chi connectivity index (χ3n) is 5.89. The van der Waals surface area contributed by atoms with E-state index >= 15 is 0 Å². The Morgan fingerprint density at radius 1 is 0.972 bits per heavy atom. The Bertz CT molecular complexity index is 1130. The number of hydrogen-bond donors (Lipinski definition) is 1. The van der Waals surface area contributed by atoms with Crippen LogP contribution in [0.15, 0.2) is 42.5 Å². The molecule has 3 rings (SSSR count). The van der Waals surface area contributed by atoms with E-state index in [4.69, 9.17) is 24.5 Å². The van der Waals surface area contributed by atoms with Gasteiger partial charge in [-0.1, -0.05) is 0 Å². The third kappa shape index (κ3) is 8.08. The van der Waals surface area contributed by atoms with E-state index in [1.54, 1.807) is 14.2 Å². The number of benzene rings is 2. The van der Waals surface area contributed by atoms with Crippen LogP contribution in [0.5, 0.6) is 5.75 Å². The molecule has 0 unspecified atom stereocenters. The van der Waals surface area contributed by atoms with Crippen LogP contribution in [0.2, 0.25) is 0 Å². The molecule has 0 fully saturated rings. The van der Waals surface area contributed by atoms with Crippen LogP contribution in [0.3, 0.4) is 0 Å². The van der Waals surface area contributed by atoms with Gasteiger partial charge in [-0.2, -0.15) is 5.26 Å². The van der Waals surface area contributed by atoms with Crippen LogP contribution >= 0.6 is 0 Å². The van der Waals surface area contributed by atoms with Gasteiger partial charge in [0.1, 0.15) is 11.6 Å². The number of rotatable bonds is 16. The highest BCUT2D eigenvalue weighted by molar-refractivity contribution is 5.82. The van der Waals surface area contributed by atoms with Gasteiger partial charge in [-0.15, -0.1) is 0 Å². The second-order valence-corrected chi connectivity index (χ2v) is 8.63. The van der Waals surface area contributed by atoms with Crippen LogP contribution in [-0.2, 0) is 20.8 Å². The number of unbranched alkanes of at least 4 members (excludes halogenated alkanes) is 2. The first-order valence-corrected chi connectivity index (χ1v) is 12.5. The van der Waals surface area contributed by atoms with Crippen molar-refractivity contribution in [1.82, 2.24) is 14.9 Å². The average molecular weight is 493 g/mol. The lowest BCUT2D eigenvalue weighted by atomic mass is 10.1. The first-order valence-electron chi connectivity index (χ1n) is 12.5. The van der Waals surface area contributed by atoms with Crippen molar-refractivity contribution in [3.8, 4) is 23.2 Å². The molecule has 0 aliphatic carbocycles. The van der Waals surface area contributed by atoms with Gasteiger partial charge in [-0.05, 0) is 68.5 Å². The number of methoxy groups -OCH3 is 2. The molecule has 0 radical (unpaired) electrons. The van der Waals surface area contributed by atoms with Gasteiger partial charge < -0.3 is 24.1 Å². The van der Waals surface area contributed by atoms with Crippen LogP contribution in [0, 0.1) is 11.3 Å². The van der Waals surface area contributed by atoms with Gasteiger partial charge in [-0.3, -0.25) is 4.79 Å². The topological polar surface area (TPSA) is 98.4 Å². The van der Waals surface area contributed by atoms with Crippen molar-refractivity contribution >= 4 is 16.9 Å². The summed E-state index contributed by atoms with van der Waals surface area (Å²) in [5.41, 5.74) is 3.50. The number of nitrogens with one attached hydrogen (secondary N) is 1. The molecule has 2 aromatic carbocycles. The molecule has 3 aromatic rings. The summed E-state index contributed by atoms with van der Waals surface area (Å²) in [6.45, 7) is 3.34. The molecule has 1 aromatic heterocycles. The van der Waals surface area contributed by atoms with Crippen molar-refractivity contribution in [3.05, 3.63) is 48.0 Å². The normalized spacial score (nSPS) is 10.9. The van der Waals surface area contributed by atoms with E-state index in [0.717, 1.165) is 66.8 Å². The molecule has 192 valence electrons. The highest BCUT2D eigenvalue weighted by atomic mass is 16.5. The van der Waals surface area contributed by atoms with Crippen molar-refractivity contribution in [1.29, 1.82) is 5.26 Å². The molecule has 8 nitrogen and oxygen atoms in total. The maximum absolute atomic E-state index is 11.8. The van der Waals surface area contributed by atoms with Crippen LogP contribution < -0.4 is 10.1 Å². The molecule has 0 atom stereocenters. The zero-order valence-electron chi connectivity index (χ0n) is 21.3. The van der Waals surface area contributed by atoms with Crippen molar-refractivity contribution in [2.24, 2.45) is 0 Å². The third-order valence-corrected chi connectivity index (χ3v) is 5.89. The van der Waals surface area contributed by atoms with E-state index in [0.29, 0.717) is 38.3 Å². The SMILES string of the molecule is COCCCNC(=O)CCCCCOc1ccc2nc(-c3ccc(C#N)cc3)n(CCCOC)c2c1. The molecule has 1 heterocycles. The Morgan fingerprint density at radius 3 is 2.50 bits per heavy atom. The van der Waals surface area contributed by atoms with Gasteiger partial charge in [0.25, 0.3) is 0 Å². The largest absolute Gasteiger partial charge is 0.494 e. The van der Waals surface area contributed by atoms with Crippen LogP contribution in [-0.4, -0.2) is 56.0 Å². The standard InChI is InChI=1S/C28H36N4O4/c1-34-17-6-15-30-27(33)8-4-3-5-19-36-24-13-14-25-26(20-24)32(16-7-18-35-2)28(31-25)23-11-9-22(21-29)10-12-23/h9-14,20H,3-8,15-19H2,1-2H3,(H,30,33). The molecule has 0 bridgehead atoms. The van der Waals surface area contributed by atoms with Gasteiger partial charge in [0.15, 0.2) is 0 Å². The minimum atomic E-state index is 0.0947. The predicted octanol–water partition coefficient (Wildman–Crippen LogP) is 4.70. The molecule has 0 saturated carbocycles. The lowest BCUT2D eigenvalue weighted by Gasteiger charge is -2.11. The molecule has 0 aliphatic heterocycles. The molecule has 36 heavy (non-hydrogen) atoms. The van der Waals surface area contributed by atoms with E-state index in [1.807, 2.05) is 42.5 Å². The number of carbonyl (C=O) groups excluding carboxylic acids is 1. The second-order valence-electron chi connectivity index (χ2n) is 8.63. The van der Waals surface area contributed by atoms with E-state index in [-0.39, 0.29) is 5.91 Å². The Hall–Kier alpha value is -3.41. The van der Waals surface area contributed by atoms with Crippen molar-refractivity contribution < 1.29 is 19.0 Å². The highest BCUT2D eigenvalue weighted by Gasteiger charge is 2.14. The monoisotopic (exact) mass is 492 g/mol. The second kappa shape index (κ2) is 14.9. The summed E-state index contributed by atoms with van der Waals surface area (Å²) in [6.07, 6.45) is 4.90. The van der Waals surface area contributed by atoms with Gasteiger partial charge in [0, 0.05) is 58.6 Å². The summed E-state index contributed by atoms with van der Waals surface area (Å²) in [6, 6.07) is 15.6. The number of amides is 1. The van der Waals surface area contributed by atoms with Gasteiger partial charge >= 0.3 is 0 Å². The Kier molecular flexibility index (Phi) is 11.2. The van der Waals surface area contributed by atoms with Gasteiger partial charge in [0.05, 0.1) is 29.3 Å². The van der Waals surface area contributed by atoms with Crippen LogP contribution in [0.25, 0.3) is 22.4 Å². The van der Waals surface area contributed by atoms with Crippen molar-refractivity contribution in [2.45, 2.75) is 45.1 Å². The average Bonchev–Trinajstić information content (AvgIpc) is 3.26. The fraction of sp³-hybridized carbons (Fsp3) is 0.464. The number of imidazole rings is 1. The van der Waals surface area contributed by atoms with E-state index in [9.17, 15) is 4.79 Å². The maximum Gasteiger partial charge on any atom is 0.219 e. The molecule has 0 spiro atoms. The molecule has 0 saturated heterocycles. The minimum Gasteiger partial charge on any atom is -0.494 e. The van der Waals surface area contributed by atoms with Crippen molar-refractivity contribution in [3.63, 3.8) is 0 Å². The molecule has 8 heteroatoms. The molecule has 0 aliphatic rings. The number of fused-ring (bicyclic) bond motifs is 1. The number of nitriles is 1. The first kappa shape index (κ1) is 27.2. The lowest BCUT2D eigenvalue weighted by Crippen LogP contribution is -2.24. The molecular weight excluding hydrogens is 456 g/mol. The fourth-order valence-electron chi connectivity index (χ4n) is 3.99.